The molecular formula is C13H13N3O4. The highest BCUT2D eigenvalue weighted by atomic mass is 16.5. The standard InChI is InChI=1S/C13H13N3O4/c1-7-14-5-8-4-10(13(18)20-12(8)15-7)11(17)16-9-2-3-19-6-9/h4-5,9H,2-3,6H2,1H3,(H,16,17)/t9-/m0/s1. The van der Waals surface area contributed by atoms with E-state index in [-0.39, 0.29) is 17.3 Å². The van der Waals surface area contributed by atoms with Gasteiger partial charge in [-0.2, -0.15) is 4.98 Å². The number of carbonyl (C=O) groups is 1. The van der Waals surface area contributed by atoms with Gasteiger partial charge in [-0.1, -0.05) is 0 Å². The van der Waals surface area contributed by atoms with Gasteiger partial charge < -0.3 is 14.5 Å². The van der Waals surface area contributed by atoms with Crippen LogP contribution in [0.2, 0.25) is 0 Å². The van der Waals surface area contributed by atoms with Gasteiger partial charge in [0.2, 0.25) is 5.71 Å². The molecule has 0 bridgehead atoms. The molecule has 0 spiro atoms. The summed E-state index contributed by atoms with van der Waals surface area (Å²) in [6.45, 7) is 2.78. The molecule has 104 valence electrons. The first-order valence-corrected chi connectivity index (χ1v) is 6.29. The van der Waals surface area contributed by atoms with Crippen LogP contribution in [0.3, 0.4) is 0 Å². The maximum Gasteiger partial charge on any atom is 0.350 e. The van der Waals surface area contributed by atoms with Crippen LogP contribution in [0.4, 0.5) is 0 Å². The fourth-order valence-corrected chi connectivity index (χ4v) is 2.07. The molecule has 0 unspecified atom stereocenters. The van der Waals surface area contributed by atoms with Gasteiger partial charge in [-0.05, 0) is 19.4 Å². The van der Waals surface area contributed by atoms with Gasteiger partial charge in [-0.15, -0.1) is 0 Å². The predicted octanol–water partition coefficient (Wildman–Crippen LogP) is 0.410. The van der Waals surface area contributed by atoms with Gasteiger partial charge in [0.15, 0.2) is 0 Å². The largest absolute Gasteiger partial charge is 0.403 e. The third-order valence-electron chi connectivity index (χ3n) is 3.12. The van der Waals surface area contributed by atoms with E-state index in [0.29, 0.717) is 24.4 Å². The van der Waals surface area contributed by atoms with Gasteiger partial charge in [-0.25, -0.2) is 9.78 Å². The van der Waals surface area contributed by atoms with Crippen molar-refractivity contribution in [2.24, 2.45) is 0 Å². The number of amides is 1. The second-order valence-electron chi connectivity index (χ2n) is 4.66. The van der Waals surface area contributed by atoms with E-state index < -0.39 is 11.5 Å². The number of carbonyl (C=O) groups excluding carboxylic acids is 1. The lowest BCUT2D eigenvalue weighted by Gasteiger charge is -2.09. The summed E-state index contributed by atoms with van der Waals surface area (Å²) in [6.07, 6.45) is 2.27. The van der Waals surface area contributed by atoms with Crippen molar-refractivity contribution in [3.05, 3.63) is 34.1 Å². The van der Waals surface area contributed by atoms with Gasteiger partial charge in [0, 0.05) is 12.8 Å². The van der Waals surface area contributed by atoms with Crippen molar-refractivity contribution in [3.63, 3.8) is 0 Å². The van der Waals surface area contributed by atoms with Crippen LogP contribution < -0.4 is 10.9 Å². The molecule has 20 heavy (non-hydrogen) atoms. The predicted molar refractivity (Wildman–Crippen MR) is 69.5 cm³/mol. The molecular weight excluding hydrogens is 262 g/mol. The summed E-state index contributed by atoms with van der Waals surface area (Å²) in [6, 6.07) is 1.39. The smallest absolute Gasteiger partial charge is 0.350 e. The highest BCUT2D eigenvalue weighted by Gasteiger charge is 2.21. The van der Waals surface area contributed by atoms with E-state index in [1.54, 1.807) is 6.92 Å². The molecule has 0 aliphatic carbocycles. The quantitative estimate of drug-likeness (QED) is 0.853. The van der Waals surface area contributed by atoms with Gasteiger partial charge >= 0.3 is 5.63 Å². The van der Waals surface area contributed by atoms with Crippen molar-refractivity contribution in [1.82, 2.24) is 15.3 Å². The molecule has 1 aliphatic heterocycles. The number of aryl methyl sites for hydroxylation is 1. The lowest BCUT2D eigenvalue weighted by Crippen LogP contribution is -2.37. The number of hydrogen-bond donors (Lipinski definition) is 1. The zero-order valence-corrected chi connectivity index (χ0v) is 10.9. The number of rotatable bonds is 2. The Balaban J connectivity index is 1.94. The Labute approximate surface area is 114 Å². The Morgan fingerprint density at radius 1 is 1.50 bits per heavy atom. The minimum Gasteiger partial charge on any atom is -0.403 e. The Morgan fingerprint density at radius 3 is 3.10 bits per heavy atom. The number of nitrogens with zero attached hydrogens (tertiary/aromatic N) is 2. The van der Waals surface area contributed by atoms with Crippen LogP contribution in [0.5, 0.6) is 0 Å². The highest BCUT2D eigenvalue weighted by molar-refractivity contribution is 5.96. The second-order valence-corrected chi connectivity index (χ2v) is 4.66. The van der Waals surface area contributed by atoms with Gasteiger partial charge in [-0.3, -0.25) is 4.79 Å². The van der Waals surface area contributed by atoms with E-state index in [2.05, 4.69) is 15.3 Å². The Morgan fingerprint density at radius 2 is 2.35 bits per heavy atom. The van der Waals surface area contributed by atoms with Crippen LogP contribution in [0.25, 0.3) is 11.1 Å². The van der Waals surface area contributed by atoms with Gasteiger partial charge in [0.25, 0.3) is 5.91 Å². The number of aromatic nitrogens is 2. The van der Waals surface area contributed by atoms with E-state index in [1.165, 1.54) is 12.3 Å². The highest BCUT2D eigenvalue weighted by Crippen LogP contribution is 2.11. The number of fused-ring (bicyclic) bond motifs is 1. The van der Waals surface area contributed by atoms with E-state index in [9.17, 15) is 9.59 Å². The van der Waals surface area contributed by atoms with Crippen molar-refractivity contribution in [1.29, 1.82) is 0 Å². The Bertz CT molecular complexity index is 719. The topological polar surface area (TPSA) is 94.3 Å². The van der Waals surface area contributed by atoms with Crippen LogP contribution in [0.15, 0.2) is 21.5 Å². The molecule has 7 nitrogen and oxygen atoms in total. The zero-order valence-electron chi connectivity index (χ0n) is 10.9. The van der Waals surface area contributed by atoms with Crippen LogP contribution in [0, 0.1) is 6.92 Å². The molecule has 2 aromatic rings. The molecule has 1 aliphatic rings. The molecule has 1 amide bonds. The Hall–Kier alpha value is -2.28. The molecule has 1 atom stereocenters. The van der Waals surface area contributed by atoms with Crippen molar-refractivity contribution in [2.45, 2.75) is 19.4 Å². The van der Waals surface area contributed by atoms with Crippen LogP contribution in [0.1, 0.15) is 22.6 Å². The first-order valence-electron chi connectivity index (χ1n) is 6.29. The van der Waals surface area contributed by atoms with E-state index in [1.807, 2.05) is 0 Å². The van der Waals surface area contributed by atoms with Gasteiger partial charge in [0.1, 0.15) is 11.4 Å². The van der Waals surface area contributed by atoms with Crippen molar-refractivity contribution in [3.8, 4) is 0 Å². The van der Waals surface area contributed by atoms with Crippen molar-refractivity contribution in [2.75, 3.05) is 13.2 Å². The molecule has 0 radical (unpaired) electrons. The number of ether oxygens (including phenoxy) is 1. The third kappa shape index (κ3) is 2.39. The summed E-state index contributed by atoms with van der Waals surface area (Å²) in [5.74, 6) is 0.0395. The summed E-state index contributed by atoms with van der Waals surface area (Å²) < 4.78 is 10.2. The first-order chi connectivity index (χ1) is 9.63. The number of nitrogens with one attached hydrogen (secondary N) is 1. The van der Waals surface area contributed by atoms with Crippen LogP contribution in [-0.4, -0.2) is 35.1 Å². The molecule has 3 rings (SSSR count). The van der Waals surface area contributed by atoms with Crippen LogP contribution in [-0.2, 0) is 4.74 Å². The summed E-state index contributed by atoms with van der Waals surface area (Å²) in [4.78, 5) is 31.9. The SMILES string of the molecule is Cc1ncc2cc(C(=O)N[C@H]3CCOC3)c(=O)oc2n1. The molecule has 2 aromatic heterocycles. The van der Waals surface area contributed by atoms with Crippen LogP contribution >= 0.6 is 0 Å². The number of hydrogen-bond acceptors (Lipinski definition) is 6. The zero-order chi connectivity index (χ0) is 14.1. The monoisotopic (exact) mass is 275 g/mol. The van der Waals surface area contributed by atoms with E-state index in [0.717, 1.165) is 6.42 Å². The minimum atomic E-state index is -0.702. The summed E-state index contributed by atoms with van der Waals surface area (Å²) in [5, 5.41) is 3.26. The molecule has 3 heterocycles. The maximum absolute atomic E-state index is 12.1. The van der Waals surface area contributed by atoms with Crippen molar-refractivity contribution < 1.29 is 13.9 Å². The lowest BCUT2D eigenvalue weighted by atomic mass is 10.2. The van der Waals surface area contributed by atoms with E-state index >= 15 is 0 Å². The second kappa shape index (κ2) is 5.01. The fraction of sp³-hybridized carbons (Fsp3) is 0.385. The van der Waals surface area contributed by atoms with E-state index in [4.69, 9.17) is 9.15 Å². The Kier molecular flexibility index (Phi) is 3.19. The molecule has 0 aromatic carbocycles. The molecule has 1 fully saturated rings. The minimum absolute atomic E-state index is 0.0446. The maximum atomic E-state index is 12.1. The normalized spacial score (nSPS) is 18.4. The summed E-state index contributed by atoms with van der Waals surface area (Å²) in [7, 11) is 0. The molecule has 0 saturated carbocycles. The third-order valence-corrected chi connectivity index (χ3v) is 3.12. The summed E-state index contributed by atoms with van der Waals surface area (Å²) in [5.41, 5.74) is -0.563. The molecule has 1 N–H and O–H groups in total. The first kappa shape index (κ1) is 12.7. The van der Waals surface area contributed by atoms with Crippen molar-refractivity contribution >= 4 is 17.0 Å². The fourth-order valence-electron chi connectivity index (χ4n) is 2.07. The molecule has 1 saturated heterocycles. The van der Waals surface area contributed by atoms with Gasteiger partial charge in [0.05, 0.1) is 18.0 Å². The average Bonchev–Trinajstić information content (AvgIpc) is 2.90. The lowest BCUT2D eigenvalue weighted by molar-refractivity contribution is 0.0926. The average molecular weight is 275 g/mol. The summed E-state index contributed by atoms with van der Waals surface area (Å²) >= 11 is 0. The molecule has 7 heteroatoms.